The minimum Gasteiger partial charge on any atom is -0.481 e. The number of carbonyl (C=O) groups is 2. The highest BCUT2D eigenvalue weighted by Crippen LogP contribution is 2.38. The molecule has 0 aromatic carbocycles. The molecular formula is C10H12O3. The maximum absolute atomic E-state index is 11.3. The summed E-state index contributed by atoms with van der Waals surface area (Å²) in [5.41, 5.74) is 0. The van der Waals surface area contributed by atoms with E-state index in [2.05, 4.69) is 0 Å². The van der Waals surface area contributed by atoms with E-state index < -0.39 is 5.97 Å². The summed E-state index contributed by atoms with van der Waals surface area (Å²) in [5, 5.41) is 8.79. The molecule has 3 atom stereocenters. The molecule has 1 saturated carbocycles. The molecule has 0 aromatic heterocycles. The molecule has 0 aliphatic heterocycles. The van der Waals surface area contributed by atoms with Gasteiger partial charge in [-0.15, -0.1) is 0 Å². The van der Waals surface area contributed by atoms with E-state index in [4.69, 9.17) is 5.11 Å². The maximum atomic E-state index is 11.3. The van der Waals surface area contributed by atoms with Crippen molar-refractivity contribution in [3.8, 4) is 0 Å². The number of Topliss-reactive ketones (excluding diaryl/α,β-unsaturated/α-hetero) is 1. The Morgan fingerprint density at radius 3 is 2.92 bits per heavy atom. The molecule has 0 bridgehead atoms. The first kappa shape index (κ1) is 8.48. The van der Waals surface area contributed by atoms with E-state index in [1.807, 2.05) is 0 Å². The predicted octanol–water partition coefficient (Wildman–Crippen LogP) is 1.24. The average Bonchev–Trinajstić information content (AvgIpc) is 2.47. The molecule has 0 radical (unpaired) electrons. The third-order valence-electron chi connectivity index (χ3n) is 3.07. The Hall–Kier alpha value is -1.12. The number of allylic oxidation sites excluding steroid dienone is 1. The Morgan fingerprint density at radius 2 is 2.23 bits per heavy atom. The zero-order chi connectivity index (χ0) is 9.42. The summed E-state index contributed by atoms with van der Waals surface area (Å²) in [6, 6.07) is 0. The molecule has 3 unspecified atom stereocenters. The van der Waals surface area contributed by atoms with Crippen LogP contribution >= 0.6 is 0 Å². The second-order valence-corrected chi connectivity index (χ2v) is 3.86. The van der Waals surface area contributed by atoms with Gasteiger partial charge in [0.05, 0.1) is 5.92 Å². The summed E-state index contributed by atoms with van der Waals surface area (Å²) < 4.78 is 0. The third kappa shape index (κ3) is 1.39. The molecule has 2 rings (SSSR count). The first-order chi connectivity index (χ1) is 6.18. The minimum absolute atomic E-state index is 0.0237. The lowest BCUT2D eigenvalue weighted by atomic mass is 9.81. The van der Waals surface area contributed by atoms with Crippen LogP contribution in [0.2, 0.25) is 0 Å². The molecule has 0 spiro atoms. The van der Waals surface area contributed by atoms with Crippen molar-refractivity contribution in [2.75, 3.05) is 0 Å². The summed E-state index contributed by atoms with van der Waals surface area (Å²) in [7, 11) is 0. The molecule has 1 N–H and O–H groups in total. The number of rotatable bonds is 1. The standard InChI is InChI=1S/C10H12O3/c11-9-4-2-6-5-7(10(12)13)1-3-8(6)9/h1,3,6-8H,2,4-5H2,(H,12,13). The van der Waals surface area contributed by atoms with Gasteiger partial charge in [-0.2, -0.15) is 0 Å². The number of ketones is 1. The van der Waals surface area contributed by atoms with Crippen LogP contribution in [0, 0.1) is 17.8 Å². The lowest BCUT2D eigenvalue weighted by Crippen LogP contribution is -2.24. The lowest BCUT2D eigenvalue weighted by Gasteiger charge is -2.22. The number of carboxylic acids is 1. The number of carboxylic acid groups (broad SMARTS) is 1. The van der Waals surface area contributed by atoms with Gasteiger partial charge in [0.25, 0.3) is 0 Å². The summed E-state index contributed by atoms with van der Waals surface area (Å²) in [5.74, 6) is -0.541. The fraction of sp³-hybridized carbons (Fsp3) is 0.600. The van der Waals surface area contributed by atoms with E-state index in [0.717, 1.165) is 6.42 Å². The van der Waals surface area contributed by atoms with Crippen molar-refractivity contribution in [1.82, 2.24) is 0 Å². The van der Waals surface area contributed by atoms with Gasteiger partial charge in [0, 0.05) is 12.3 Å². The van der Waals surface area contributed by atoms with Crippen molar-refractivity contribution >= 4 is 11.8 Å². The zero-order valence-electron chi connectivity index (χ0n) is 7.27. The fourth-order valence-electron chi connectivity index (χ4n) is 2.31. The molecule has 3 nitrogen and oxygen atoms in total. The highest BCUT2D eigenvalue weighted by Gasteiger charge is 2.37. The SMILES string of the molecule is O=C(O)C1C=CC2C(=O)CCC2C1. The predicted molar refractivity (Wildman–Crippen MR) is 46.1 cm³/mol. The maximum Gasteiger partial charge on any atom is 0.310 e. The number of fused-ring (bicyclic) bond motifs is 1. The molecule has 0 aromatic rings. The largest absolute Gasteiger partial charge is 0.481 e. The second kappa shape index (κ2) is 2.98. The van der Waals surface area contributed by atoms with E-state index in [1.165, 1.54) is 0 Å². The quantitative estimate of drug-likeness (QED) is 0.618. The molecule has 70 valence electrons. The molecule has 0 heterocycles. The van der Waals surface area contributed by atoms with Crippen molar-refractivity contribution in [2.45, 2.75) is 19.3 Å². The zero-order valence-corrected chi connectivity index (χ0v) is 7.27. The normalized spacial score (nSPS) is 37.5. The summed E-state index contributed by atoms with van der Waals surface area (Å²) in [6.45, 7) is 0. The van der Waals surface area contributed by atoms with Crippen LogP contribution < -0.4 is 0 Å². The number of hydrogen-bond acceptors (Lipinski definition) is 2. The van der Waals surface area contributed by atoms with Crippen molar-refractivity contribution in [3.05, 3.63) is 12.2 Å². The molecular weight excluding hydrogens is 168 g/mol. The Balaban J connectivity index is 2.15. The first-order valence-electron chi connectivity index (χ1n) is 4.62. The topological polar surface area (TPSA) is 54.4 Å². The Bertz CT molecular complexity index is 280. The van der Waals surface area contributed by atoms with Gasteiger partial charge in [0.1, 0.15) is 5.78 Å². The summed E-state index contributed by atoms with van der Waals surface area (Å²) >= 11 is 0. The van der Waals surface area contributed by atoms with Gasteiger partial charge in [0.15, 0.2) is 0 Å². The molecule has 2 aliphatic rings. The lowest BCUT2D eigenvalue weighted by molar-refractivity contribution is -0.141. The molecule has 2 aliphatic carbocycles. The van der Waals surface area contributed by atoms with Crippen LogP contribution in [0.4, 0.5) is 0 Å². The van der Waals surface area contributed by atoms with Crippen molar-refractivity contribution in [1.29, 1.82) is 0 Å². The summed E-state index contributed by atoms with van der Waals surface area (Å²) in [6.07, 6.45) is 5.61. The highest BCUT2D eigenvalue weighted by atomic mass is 16.4. The van der Waals surface area contributed by atoms with Crippen LogP contribution in [-0.2, 0) is 9.59 Å². The van der Waals surface area contributed by atoms with Crippen LogP contribution in [0.5, 0.6) is 0 Å². The van der Waals surface area contributed by atoms with Gasteiger partial charge in [-0.1, -0.05) is 12.2 Å². The smallest absolute Gasteiger partial charge is 0.310 e. The van der Waals surface area contributed by atoms with E-state index in [-0.39, 0.29) is 17.6 Å². The second-order valence-electron chi connectivity index (χ2n) is 3.86. The van der Waals surface area contributed by atoms with Crippen molar-refractivity contribution < 1.29 is 14.7 Å². The monoisotopic (exact) mass is 180 g/mol. The van der Waals surface area contributed by atoms with Gasteiger partial charge in [0.2, 0.25) is 0 Å². The molecule has 1 fully saturated rings. The van der Waals surface area contributed by atoms with Gasteiger partial charge < -0.3 is 5.11 Å². The molecule has 0 amide bonds. The number of carbonyl (C=O) groups excluding carboxylic acids is 1. The number of hydrogen-bond donors (Lipinski definition) is 1. The highest BCUT2D eigenvalue weighted by molar-refractivity contribution is 5.86. The van der Waals surface area contributed by atoms with Gasteiger partial charge in [-0.3, -0.25) is 9.59 Å². The van der Waals surface area contributed by atoms with Gasteiger partial charge in [-0.25, -0.2) is 0 Å². The Labute approximate surface area is 76.4 Å². The van der Waals surface area contributed by atoms with Crippen molar-refractivity contribution in [2.24, 2.45) is 17.8 Å². The van der Waals surface area contributed by atoms with Crippen LogP contribution in [-0.4, -0.2) is 16.9 Å². The summed E-state index contributed by atoms with van der Waals surface area (Å²) in [4.78, 5) is 22.0. The first-order valence-corrected chi connectivity index (χ1v) is 4.62. The average molecular weight is 180 g/mol. The Kier molecular flexibility index (Phi) is 1.94. The Morgan fingerprint density at radius 1 is 1.46 bits per heavy atom. The number of aliphatic carboxylic acids is 1. The van der Waals surface area contributed by atoms with E-state index in [0.29, 0.717) is 18.8 Å². The van der Waals surface area contributed by atoms with Crippen LogP contribution in [0.25, 0.3) is 0 Å². The van der Waals surface area contributed by atoms with Crippen molar-refractivity contribution in [3.63, 3.8) is 0 Å². The van der Waals surface area contributed by atoms with Crippen LogP contribution in [0.3, 0.4) is 0 Å². The van der Waals surface area contributed by atoms with E-state index >= 15 is 0 Å². The van der Waals surface area contributed by atoms with E-state index in [1.54, 1.807) is 12.2 Å². The van der Waals surface area contributed by atoms with E-state index in [9.17, 15) is 9.59 Å². The van der Waals surface area contributed by atoms with Crippen LogP contribution in [0.1, 0.15) is 19.3 Å². The molecule has 3 heteroatoms. The molecule has 0 saturated heterocycles. The minimum atomic E-state index is -0.769. The molecule has 13 heavy (non-hydrogen) atoms. The van der Waals surface area contributed by atoms with Gasteiger partial charge in [-0.05, 0) is 18.8 Å². The van der Waals surface area contributed by atoms with Gasteiger partial charge >= 0.3 is 5.97 Å². The van der Waals surface area contributed by atoms with Crippen LogP contribution in [0.15, 0.2) is 12.2 Å². The third-order valence-corrected chi connectivity index (χ3v) is 3.07. The fourth-order valence-corrected chi connectivity index (χ4v) is 2.31.